The van der Waals surface area contributed by atoms with Gasteiger partial charge in [-0.15, -0.1) is 0 Å². The van der Waals surface area contributed by atoms with Crippen LogP contribution in [0.15, 0.2) is 0 Å². The van der Waals surface area contributed by atoms with Crippen LogP contribution < -0.4 is 0 Å². The van der Waals surface area contributed by atoms with Crippen molar-refractivity contribution >= 4 is 0 Å². The predicted molar refractivity (Wildman–Crippen MR) is 122 cm³/mol. The van der Waals surface area contributed by atoms with Gasteiger partial charge in [0.2, 0.25) is 0 Å². The van der Waals surface area contributed by atoms with Gasteiger partial charge in [-0.05, 0) is 91.3 Å². The van der Waals surface area contributed by atoms with E-state index in [0.29, 0.717) is 5.41 Å². The summed E-state index contributed by atoms with van der Waals surface area (Å²) < 4.78 is 0. The maximum absolute atomic E-state index is 2.73. The molecule has 0 N–H and O–H groups in total. The van der Waals surface area contributed by atoms with Gasteiger partial charge < -0.3 is 0 Å². The molecule has 4 aliphatic carbocycles. The van der Waals surface area contributed by atoms with E-state index in [-0.39, 0.29) is 7.43 Å². The topological polar surface area (TPSA) is 0 Å². The second kappa shape index (κ2) is 9.67. The Morgan fingerprint density at radius 3 is 2.37 bits per heavy atom. The molecule has 9 unspecified atom stereocenters. The molecule has 4 rings (SSSR count). The molecule has 0 heteroatoms. The van der Waals surface area contributed by atoms with Crippen molar-refractivity contribution in [3.8, 4) is 0 Å². The van der Waals surface area contributed by atoms with Gasteiger partial charge in [-0.3, -0.25) is 0 Å². The SMILES string of the molecule is C.CC.CCCC(C)C1CCC2C3C(C)CC4CCCCC4C3CCC12C. The molecule has 0 nitrogen and oxygen atoms in total. The smallest absolute Gasteiger partial charge is 0.0264 e. The number of hydrogen-bond acceptors (Lipinski definition) is 0. The van der Waals surface area contributed by atoms with Gasteiger partial charge in [0.05, 0.1) is 0 Å². The fourth-order valence-electron chi connectivity index (χ4n) is 8.90. The molecule has 27 heavy (non-hydrogen) atoms. The first-order valence-corrected chi connectivity index (χ1v) is 12.6. The maximum Gasteiger partial charge on any atom is -0.0264 e. The molecule has 0 aromatic heterocycles. The van der Waals surface area contributed by atoms with Gasteiger partial charge in [0.15, 0.2) is 0 Å². The zero-order valence-corrected chi connectivity index (χ0v) is 18.9. The van der Waals surface area contributed by atoms with E-state index in [2.05, 4.69) is 27.7 Å². The Balaban J connectivity index is 0.000000844. The molecule has 0 heterocycles. The zero-order chi connectivity index (χ0) is 18.9. The van der Waals surface area contributed by atoms with Crippen molar-refractivity contribution in [1.82, 2.24) is 0 Å². The van der Waals surface area contributed by atoms with Crippen LogP contribution in [0.3, 0.4) is 0 Å². The van der Waals surface area contributed by atoms with Crippen molar-refractivity contribution in [3.05, 3.63) is 0 Å². The van der Waals surface area contributed by atoms with Crippen molar-refractivity contribution in [1.29, 1.82) is 0 Å². The molecule has 0 aliphatic heterocycles. The largest absolute Gasteiger partial charge is 0.0776 e. The fourth-order valence-corrected chi connectivity index (χ4v) is 8.90. The quantitative estimate of drug-likeness (QED) is 0.461. The Kier molecular flexibility index (Phi) is 8.34. The van der Waals surface area contributed by atoms with Crippen LogP contribution >= 0.6 is 0 Å². The molecule has 0 aromatic rings. The van der Waals surface area contributed by atoms with Crippen LogP contribution in [0.25, 0.3) is 0 Å². The van der Waals surface area contributed by atoms with Crippen LogP contribution in [0.4, 0.5) is 0 Å². The third-order valence-electron chi connectivity index (χ3n) is 9.74. The van der Waals surface area contributed by atoms with Crippen molar-refractivity contribution in [2.45, 2.75) is 120 Å². The minimum Gasteiger partial charge on any atom is -0.0776 e. The lowest BCUT2D eigenvalue weighted by Crippen LogP contribution is -2.51. The van der Waals surface area contributed by atoms with E-state index in [1.165, 1.54) is 25.7 Å². The van der Waals surface area contributed by atoms with Crippen molar-refractivity contribution in [2.75, 3.05) is 0 Å². The minimum atomic E-state index is 0. The third kappa shape index (κ3) is 4.02. The molecule has 0 bridgehead atoms. The van der Waals surface area contributed by atoms with Crippen LogP contribution in [-0.2, 0) is 0 Å². The molecule has 0 saturated heterocycles. The zero-order valence-electron chi connectivity index (χ0n) is 18.9. The van der Waals surface area contributed by atoms with E-state index >= 15 is 0 Å². The Bertz CT molecular complexity index is 439. The average Bonchev–Trinajstić information content (AvgIpc) is 3.00. The van der Waals surface area contributed by atoms with Gasteiger partial charge in [-0.1, -0.05) is 81.1 Å². The highest BCUT2D eigenvalue weighted by Crippen LogP contribution is 2.66. The Hall–Kier alpha value is 0. The highest BCUT2D eigenvalue weighted by atomic mass is 14.6. The van der Waals surface area contributed by atoms with E-state index in [1.807, 2.05) is 13.8 Å². The van der Waals surface area contributed by atoms with Gasteiger partial charge in [-0.2, -0.15) is 0 Å². The summed E-state index contributed by atoms with van der Waals surface area (Å²) >= 11 is 0. The van der Waals surface area contributed by atoms with Crippen LogP contribution in [0, 0.1) is 52.8 Å². The lowest BCUT2D eigenvalue weighted by atomic mass is 9.47. The number of fused-ring (bicyclic) bond motifs is 5. The molecule has 160 valence electrons. The monoisotopic (exact) mass is 376 g/mol. The van der Waals surface area contributed by atoms with Crippen LogP contribution in [0.1, 0.15) is 120 Å². The Morgan fingerprint density at radius 1 is 0.963 bits per heavy atom. The van der Waals surface area contributed by atoms with Crippen LogP contribution in [0.5, 0.6) is 0 Å². The van der Waals surface area contributed by atoms with Gasteiger partial charge >= 0.3 is 0 Å². The lowest BCUT2D eigenvalue weighted by molar-refractivity contribution is -0.0940. The van der Waals surface area contributed by atoms with Crippen LogP contribution in [0.2, 0.25) is 0 Å². The summed E-state index contributed by atoms with van der Waals surface area (Å²) in [6, 6.07) is 0. The highest BCUT2D eigenvalue weighted by Gasteiger charge is 2.58. The van der Waals surface area contributed by atoms with Crippen molar-refractivity contribution in [3.63, 3.8) is 0 Å². The summed E-state index contributed by atoms with van der Waals surface area (Å²) in [5, 5.41) is 0. The predicted octanol–water partition coefficient (Wildman–Crippen LogP) is 8.99. The molecule has 4 saturated carbocycles. The van der Waals surface area contributed by atoms with E-state index in [4.69, 9.17) is 0 Å². The average molecular weight is 377 g/mol. The summed E-state index contributed by atoms with van der Waals surface area (Å²) in [7, 11) is 0. The van der Waals surface area contributed by atoms with Gasteiger partial charge in [-0.25, -0.2) is 0 Å². The number of rotatable bonds is 3. The third-order valence-corrected chi connectivity index (χ3v) is 9.74. The molecule has 4 fully saturated rings. The van der Waals surface area contributed by atoms with Gasteiger partial charge in [0, 0.05) is 0 Å². The molecule has 0 spiro atoms. The molecular formula is C27H52. The van der Waals surface area contributed by atoms with Crippen molar-refractivity contribution in [2.24, 2.45) is 52.8 Å². The second-order valence-electron chi connectivity index (χ2n) is 10.8. The molecule has 0 amide bonds. The highest BCUT2D eigenvalue weighted by molar-refractivity contribution is 5.07. The van der Waals surface area contributed by atoms with E-state index in [1.54, 1.807) is 44.9 Å². The van der Waals surface area contributed by atoms with E-state index < -0.39 is 0 Å². The maximum atomic E-state index is 2.73. The summed E-state index contributed by atoms with van der Waals surface area (Å²) in [6.07, 6.45) is 16.9. The number of hydrogen-bond donors (Lipinski definition) is 0. The summed E-state index contributed by atoms with van der Waals surface area (Å²) in [5.74, 6) is 8.49. The Labute approximate surface area is 172 Å². The first kappa shape index (κ1) is 23.3. The van der Waals surface area contributed by atoms with Crippen molar-refractivity contribution < 1.29 is 0 Å². The lowest BCUT2D eigenvalue weighted by Gasteiger charge is -2.58. The normalized spacial score (nSPS) is 46.7. The van der Waals surface area contributed by atoms with E-state index in [0.717, 1.165) is 47.3 Å². The first-order valence-electron chi connectivity index (χ1n) is 12.6. The molecule has 4 aliphatic rings. The van der Waals surface area contributed by atoms with Crippen LogP contribution in [-0.4, -0.2) is 0 Å². The first-order chi connectivity index (χ1) is 12.6. The molecule has 9 atom stereocenters. The van der Waals surface area contributed by atoms with Gasteiger partial charge in [0.1, 0.15) is 0 Å². The molecule has 0 aromatic carbocycles. The Morgan fingerprint density at radius 2 is 1.67 bits per heavy atom. The summed E-state index contributed by atoms with van der Waals surface area (Å²) in [6.45, 7) is 14.3. The fraction of sp³-hybridized carbons (Fsp3) is 1.00. The van der Waals surface area contributed by atoms with E-state index in [9.17, 15) is 0 Å². The minimum absolute atomic E-state index is 0. The standard InChI is InChI=1S/C24H42.C2H6.CH4/c1-5-8-16(2)21-11-12-22-23-17(3)15-18-9-6-7-10-19(18)20(23)13-14-24(21,22)4;1-2;/h16-23H,5-15H2,1-4H3;1-2H3;1H4. The summed E-state index contributed by atoms with van der Waals surface area (Å²) in [5.41, 5.74) is 0.686. The molecular weight excluding hydrogens is 324 g/mol. The van der Waals surface area contributed by atoms with Gasteiger partial charge in [0.25, 0.3) is 0 Å². The summed E-state index contributed by atoms with van der Waals surface area (Å²) in [4.78, 5) is 0. The second-order valence-corrected chi connectivity index (χ2v) is 10.8. The molecule has 0 radical (unpaired) electrons.